The van der Waals surface area contributed by atoms with E-state index >= 15 is 0 Å². The minimum absolute atomic E-state index is 0.125. The first-order chi connectivity index (χ1) is 10.0. The lowest BCUT2D eigenvalue weighted by atomic mass is 10.3. The van der Waals surface area contributed by atoms with Crippen molar-refractivity contribution in [2.24, 2.45) is 0 Å². The van der Waals surface area contributed by atoms with E-state index in [2.05, 4.69) is 16.6 Å². The average Bonchev–Trinajstić information content (AvgIpc) is 3.13. The summed E-state index contributed by atoms with van der Waals surface area (Å²) in [7, 11) is -3.53. The van der Waals surface area contributed by atoms with Crippen molar-refractivity contribution in [3.05, 3.63) is 18.0 Å². The van der Waals surface area contributed by atoms with Gasteiger partial charge in [0.05, 0.1) is 0 Å². The van der Waals surface area contributed by atoms with Crippen LogP contribution in [0.1, 0.15) is 49.5 Å². The standard InChI is InChI=1S/C14H23N3O3S/c1-2-3-4-7-16-21(19,20)12-10-13(15-11-12)14(18)17-8-5-6-9-17/h10-11,15-16H,2-9H2,1H3. The lowest BCUT2D eigenvalue weighted by Gasteiger charge is -2.13. The molecule has 2 N–H and O–H groups in total. The fraction of sp³-hybridized carbons (Fsp3) is 0.643. The van der Waals surface area contributed by atoms with Crippen molar-refractivity contribution in [2.75, 3.05) is 19.6 Å². The zero-order chi connectivity index (χ0) is 15.3. The molecular formula is C14H23N3O3S. The first-order valence-electron chi connectivity index (χ1n) is 7.52. The van der Waals surface area contributed by atoms with E-state index in [1.165, 1.54) is 12.3 Å². The third-order valence-electron chi connectivity index (χ3n) is 3.66. The molecule has 21 heavy (non-hydrogen) atoms. The van der Waals surface area contributed by atoms with Gasteiger partial charge in [-0.15, -0.1) is 0 Å². The van der Waals surface area contributed by atoms with Crippen molar-refractivity contribution in [1.29, 1.82) is 0 Å². The molecule has 1 amide bonds. The van der Waals surface area contributed by atoms with E-state index in [1.54, 1.807) is 4.90 Å². The van der Waals surface area contributed by atoms with Gasteiger partial charge < -0.3 is 9.88 Å². The molecule has 1 aliphatic heterocycles. The Balaban J connectivity index is 1.99. The lowest BCUT2D eigenvalue weighted by molar-refractivity contribution is 0.0787. The highest BCUT2D eigenvalue weighted by molar-refractivity contribution is 7.89. The predicted molar refractivity (Wildman–Crippen MR) is 80.6 cm³/mol. The van der Waals surface area contributed by atoms with Crippen LogP contribution in [0.4, 0.5) is 0 Å². The Hall–Kier alpha value is -1.34. The van der Waals surface area contributed by atoms with E-state index in [9.17, 15) is 13.2 Å². The molecular weight excluding hydrogens is 290 g/mol. The summed E-state index contributed by atoms with van der Waals surface area (Å²) in [6.07, 6.45) is 6.26. The highest BCUT2D eigenvalue weighted by Crippen LogP contribution is 2.15. The molecule has 0 radical (unpaired) electrons. The number of aromatic nitrogens is 1. The van der Waals surface area contributed by atoms with Gasteiger partial charge in [-0.1, -0.05) is 19.8 Å². The molecule has 2 rings (SSSR count). The number of sulfonamides is 1. The first-order valence-corrected chi connectivity index (χ1v) is 9.00. The number of unbranched alkanes of at least 4 members (excludes halogenated alkanes) is 2. The van der Waals surface area contributed by atoms with Gasteiger partial charge in [-0.3, -0.25) is 4.79 Å². The van der Waals surface area contributed by atoms with E-state index in [-0.39, 0.29) is 10.8 Å². The van der Waals surface area contributed by atoms with Gasteiger partial charge in [0.1, 0.15) is 10.6 Å². The topological polar surface area (TPSA) is 82.3 Å². The third-order valence-corrected chi connectivity index (χ3v) is 5.10. The van der Waals surface area contributed by atoms with Gasteiger partial charge in [-0.25, -0.2) is 13.1 Å². The van der Waals surface area contributed by atoms with Crippen LogP contribution >= 0.6 is 0 Å². The van der Waals surface area contributed by atoms with Crippen molar-refractivity contribution < 1.29 is 13.2 Å². The number of amides is 1. The van der Waals surface area contributed by atoms with Crippen LogP contribution in [0.15, 0.2) is 17.2 Å². The molecule has 6 nitrogen and oxygen atoms in total. The molecule has 0 unspecified atom stereocenters. The van der Waals surface area contributed by atoms with Gasteiger partial charge in [0.2, 0.25) is 10.0 Å². The highest BCUT2D eigenvalue weighted by atomic mass is 32.2. The summed E-state index contributed by atoms with van der Waals surface area (Å²) in [5.74, 6) is -0.125. The van der Waals surface area contributed by atoms with Gasteiger partial charge in [0.25, 0.3) is 5.91 Å². The van der Waals surface area contributed by atoms with Crippen LogP contribution in [-0.2, 0) is 10.0 Å². The Kier molecular flexibility index (Phi) is 5.41. The van der Waals surface area contributed by atoms with Crippen molar-refractivity contribution in [3.63, 3.8) is 0 Å². The fourth-order valence-corrected chi connectivity index (χ4v) is 3.48. The Morgan fingerprint density at radius 2 is 2.05 bits per heavy atom. The van der Waals surface area contributed by atoms with Crippen molar-refractivity contribution >= 4 is 15.9 Å². The monoisotopic (exact) mass is 313 g/mol. The molecule has 1 aliphatic rings. The van der Waals surface area contributed by atoms with E-state index in [0.29, 0.717) is 12.2 Å². The van der Waals surface area contributed by atoms with Crippen LogP contribution in [0, 0.1) is 0 Å². The van der Waals surface area contributed by atoms with E-state index in [0.717, 1.165) is 45.2 Å². The van der Waals surface area contributed by atoms with Crippen molar-refractivity contribution in [3.8, 4) is 0 Å². The number of hydrogen-bond acceptors (Lipinski definition) is 3. The number of likely N-dealkylation sites (tertiary alicyclic amines) is 1. The second-order valence-corrected chi connectivity index (χ2v) is 7.12. The quantitative estimate of drug-likeness (QED) is 0.752. The Bertz CT molecular complexity index is 574. The lowest BCUT2D eigenvalue weighted by Crippen LogP contribution is -2.28. The largest absolute Gasteiger partial charge is 0.356 e. The Labute approximate surface area is 126 Å². The molecule has 118 valence electrons. The SMILES string of the molecule is CCCCCNS(=O)(=O)c1c[nH]c(C(=O)N2CCCC2)c1. The predicted octanol–water partition coefficient (Wildman–Crippen LogP) is 1.72. The van der Waals surface area contributed by atoms with Crippen LogP contribution in [0.25, 0.3) is 0 Å². The molecule has 0 bridgehead atoms. The van der Waals surface area contributed by atoms with Crippen LogP contribution < -0.4 is 4.72 Å². The first kappa shape index (κ1) is 16.0. The Morgan fingerprint density at radius 1 is 1.33 bits per heavy atom. The summed E-state index contributed by atoms with van der Waals surface area (Å²) < 4.78 is 26.8. The number of nitrogens with one attached hydrogen (secondary N) is 2. The van der Waals surface area contributed by atoms with Crippen LogP contribution in [0.2, 0.25) is 0 Å². The van der Waals surface area contributed by atoms with Gasteiger partial charge in [-0.05, 0) is 25.3 Å². The van der Waals surface area contributed by atoms with Crippen LogP contribution in [-0.4, -0.2) is 43.8 Å². The fourth-order valence-electron chi connectivity index (χ4n) is 2.41. The van der Waals surface area contributed by atoms with Crippen molar-refractivity contribution in [1.82, 2.24) is 14.6 Å². The maximum Gasteiger partial charge on any atom is 0.270 e. The molecule has 0 aliphatic carbocycles. The molecule has 1 aromatic rings. The van der Waals surface area contributed by atoms with Crippen LogP contribution in [0.5, 0.6) is 0 Å². The summed E-state index contributed by atoms with van der Waals surface area (Å²) in [5, 5.41) is 0. The van der Waals surface area contributed by atoms with Crippen LogP contribution in [0.3, 0.4) is 0 Å². The summed E-state index contributed by atoms with van der Waals surface area (Å²) >= 11 is 0. The summed E-state index contributed by atoms with van der Waals surface area (Å²) in [6.45, 7) is 3.98. The second kappa shape index (κ2) is 7.09. The van der Waals surface area contributed by atoms with E-state index < -0.39 is 10.0 Å². The number of H-pyrrole nitrogens is 1. The number of carbonyl (C=O) groups is 1. The number of carbonyl (C=O) groups excluding carboxylic acids is 1. The summed E-state index contributed by atoms with van der Waals surface area (Å²) in [6, 6.07) is 1.42. The van der Waals surface area contributed by atoms with Crippen molar-refractivity contribution in [2.45, 2.75) is 43.9 Å². The van der Waals surface area contributed by atoms with Gasteiger partial charge in [0, 0.05) is 25.8 Å². The number of hydrogen-bond donors (Lipinski definition) is 2. The van der Waals surface area contributed by atoms with E-state index in [1.807, 2.05) is 0 Å². The smallest absolute Gasteiger partial charge is 0.270 e. The molecule has 0 aromatic carbocycles. The normalized spacial score (nSPS) is 15.6. The van der Waals surface area contributed by atoms with Gasteiger partial charge in [-0.2, -0.15) is 0 Å². The average molecular weight is 313 g/mol. The number of aromatic amines is 1. The number of nitrogens with zero attached hydrogens (tertiary/aromatic N) is 1. The van der Waals surface area contributed by atoms with Gasteiger partial charge in [0.15, 0.2) is 0 Å². The Morgan fingerprint density at radius 3 is 2.71 bits per heavy atom. The molecule has 1 fully saturated rings. The third kappa shape index (κ3) is 4.07. The molecule has 0 saturated carbocycles. The minimum Gasteiger partial charge on any atom is -0.356 e. The molecule has 1 saturated heterocycles. The maximum atomic E-state index is 12.2. The second-order valence-electron chi connectivity index (χ2n) is 5.35. The minimum atomic E-state index is -3.53. The molecule has 1 aromatic heterocycles. The molecule has 7 heteroatoms. The maximum absolute atomic E-state index is 12.2. The molecule has 2 heterocycles. The summed E-state index contributed by atoms with van der Waals surface area (Å²) in [4.78, 5) is 16.8. The summed E-state index contributed by atoms with van der Waals surface area (Å²) in [5.41, 5.74) is 0.339. The molecule has 0 atom stereocenters. The zero-order valence-corrected chi connectivity index (χ0v) is 13.2. The number of rotatable bonds is 7. The van der Waals surface area contributed by atoms with Gasteiger partial charge >= 0.3 is 0 Å². The highest BCUT2D eigenvalue weighted by Gasteiger charge is 2.23. The van der Waals surface area contributed by atoms with E-state index in [4.69, 9.17) is 0 Å². The molecule has 0 spiro atoms. The zero-order valence-electron chi connectivity index (χ0n) is 12.4.